The number of hydrogen-bond acceptors (Lipinski definition) is 2. The molecule has 0 saturated heterocycles. The molecule has 0 spiro atoms. The van der Waals surface area contributed by atoms with E-state index in [1.54, 1.807) is 24.3 Å². The summed E-state index contributed by atoms with van der Waals surface area (Å²) in [6.07, 6.45) is 7.00. The molecule has 38 heavy (non-hydrogen) atoms. The zero-order valence-corrected chi connectivity index (χ0v) is 23.8. The van der Waals surface area contributed by atoms with Gasteiger partial charge < -0.3 is 0 Å². The van der Waals surface area contributed by atoms with Gasteiger partial charge in [-0.2, -0.15) is 0 Å². The number of benzene rings is 4. The standard InChI is InChI=1S/C13H9.2C6H5FO.C5H5.C3H6.Zr/c1-3-7-12-10(5-1)9-11-6-2-4-8-13(11)12;2*7-5-1-3-6(8)4-2-5;1-2-4-5-3-1;1-3-2;/h1-9H;2*1-4,8H;1-3H,4H2;1-2H3;/q;;;;;+2/p-2. The van der Waals surface area contributed by atoms with Crippen LogP contribution in [-0.2, 0) is 19.2 Å². The molecule has 0 N–H and O–H groups in total. The van der Waals surface area contributed by atoms with Gasteiger partial charge in [0, 0.05) is 0 Å². The van der Waals surface area contributed by atoms with Gasteiger partial charge in [-0.15, -0.1) is 0 Å². The van der Waals surface area contributed by atoms with Crippen LogP contribution >= 0.6 is 0 Å². The van der Waals surface area contributed by atoms with Gasteiger partial charge in [0.15, 0.2) is 0 Å². The molecule has 0 bridgehead atoms. The minimum atomic E-state index is -5.48. The molecule has 0 unspecified atom stereocenters. The Morgan fingerprint density at radius 1 is 0.684 bits per heavy atom. The maximum absolute atomic E-state index is 14.0. The summed E-state index contributed by atoms with van der Waals surface area (Å²) in [6, 6.07) is 29.2. The first kappa shape index (κ1) is 24.9. The summed E-state index contributed by atoms with van der Waals surface area (Å²) in [5.41, 5.74) is 4.62. The number of halogens is 2. The van der Waals surface area contributed by atoms with Gasteiger partial charge in [0.2, 0.25) is 0 Å². The number of rotatable bonds is 6. The van der Waals surface area contributed by atoms with Crippen molar-refractivity contribution in [2.75, 3.05) is 0 Å². The average molecular weight is 586 g/mol. The summed E-state index contributed by atoms with van der Waals surface area (Å²) in [6.45, 7) is 4.20. The molecule has 4 aromatic rings. The fourth-order valence-electron chi connectivity index (χ4n) is 6.26. The van der Waals surface area contributed by atoms with Crippen LogP contribution in [0.3, 0.4) is 0 Å². The van der Waals surface area contributed by atoms with Gasteiger partial charge in [-0.25, -0.2) is 0 Å². The second-order valence-electron chi connectivity index (χ2n) is 10.2. The molecule has 0 radical (unpaired) electrons. The van der Waals surface area contributed by atoms with Crippen molar-refractivity contribution in [1.82, 2.24) is 0 Å². The van der Waals surface area contributed by atoms with Gasteiger partial charge in [0.25, 0.3) is 0 Å². The van der Waals surface area contributed by atoms with E-state index in [-0.39, 0.29) is 15.3 Å². The van der Waals surface area contributed by atoms with Crippen molar-refractivity contribution in [2.24, 2.45) is 0 Å². The minimum absolute atomic E-state index is 0.213. The van der Waals surface area contributed by atoms with Crippen molar-refractivity contribution in [3.63, 3.8) is 0 Å². The average Bonchev–Trinajstić information content (AvgIpc) is 3.59. The molecule has 0 heterocycles. The molecule has 2 aliphatic rings. The van der Waals surface area contributed by atoms with Crippen LogP contribution in [-0.4, -0.2) is 3.21 Å². The van der Waals surface area contributed by atoms with Crippen molar-refractivity contribution in [3.8, 4) is 22.6 Å². The third-order valence-electron chi connectivity index (χ3n) is 7.95. The summed E-state index contributed by atoms with van der Waals surface area (Å²) < 4.78 is 44.8. The molecule has 0 fully saturated rings. The van der Waals surface area contributed by atoms with Gasteiger partial charge in [-0.1, -0.05) is 0 Å². The van der Waals surface area contributed by atoms with E-state index in [1.807, 2.05) is 0 Å². The van der Waals surface area contributed by atoms with Crippen molar-refractivity contribution in [3.05, 3.63) is 141 Å². The van der Waals surface area contributed by atoms with E-state index in [4.69, 9.17) is 5.63 Å². The van der Waals surface area contributed by atoms with Gasteiger partial charge in [-0.3, -0.25) is 0 Å². The molecule has 0 amide bonds. The predicted molar refractivity (Wildman–Crippen MR) is 146 cm³/mol. The number of fused-ring (bicyclic) bond motifs is 3. The summed E-state index contributed by atoms with van der Waals surface area (Å²) >= 11 is -5.48. The molecule has 190 valence electrons. The van der Waals surface area contributed by atoms with E-state index < -0.39 is 19.2 Å². The Labute approximate surface area is 223 Å². The predicted octanol–water partition coefficient (Wildman–Crippen LogP) is 8.77. The first-order chi connectivity index (χ1) is 18.4. The fourth-order valence-corrected chi connectivity index (χ4v) is 21.7. The normalized spacial score (nSPS) is 14.6. The van der Waals surface area contributed by atoms with Crippen molar-refractivity contribution in [1.29, 1.82) is 0 Å². The Morgan fingerprint density at radius 3 is 1.58 bits per heavy atom. The SMILES string of the molecule is C[C](C)=[Zr]([O]c1ccc(F)cc1)([O]c1ccc(F)cc1)([C]1=CC=CC1)[CH]1c2ccccc2-c2ccccc21. The Bertz CT molecular complexity index is 1560. The van der Waals surface area contributed by atoms with E-state index in [9.17, 15) is 8.78 Å². The van der Waals surface area contributed by atoms with Gasteiger partial charge in [-0.05, 0) is 0 Å². The monoisotopic (exact) mass is 584 g/mol. The quantitative estimate of drug-likeness (QED) is 0.225. The Balaban J connectivity index is 1.75. The van der Waals surface area contributed by atoms with E-state index in [0.717, 1.165) is 28.7 Å². The molecule has 0 saturated carbocycles. The first-order valence-corrected chi connectivity index (χ1v) is 18.7. The molecule has 6 rings (SSSR count). The van der Waals surface area contributed by atoms with Gasteiger partial charge in [0.05, 0.1) is 0 Å². The van der Waals surface area contributed by atoms with Gasteiger partial charge >= 0.3 is 225 Å². The van der Waals surface area contributed by atoms with Crippen LogP contribution in [0.2, 0.25) is 0 Å². The summed E-state index contributed by atoms with van der Waals surface area (Å²) in [4.78, 5) is 0. The Morgan fingerprint density at radius 2 is 1.16 bits per heavy atom. The fraction of sp³-hybridized carbons (Fsp3) is 0.121. The van der Waals surface area contributed by atoms with Crippen molar-refractivity contribution in [2.45, 2.75) is 23.9 Å². The van der Waals surface area contributed by atoms with E-state index >= 15 is 0 Å². The molecular formula is C33H28F2O2Zr. The summed E-state index contributed by atoms with van der Waals surface area (Å²) in [7, 11) is 0. The van der Waals surface area contributed by atoms with E-state index in [2.05, 4.69) is 80.6 Å². The van der Waals surface area contributed by atoms with Crippen LogP contribution in [0.15, 0.2) is 119 Å². The second kappa shape index (κ2) is 9.40. The molecule has 2 aliphatic carbocycles. The van der Waals surface area contributed by atoms with Crippen LogP contribution in [0, 0.1) is 11.6 Å². The third kappa shape index (κ3) is 3.71. The van der Waals surface area contributed by atoms with Crippen LogP contribution in [0.4, 0.5) is 8.78 Å². The van der Waals surface area contributed by atoms with Crippen LogP contribution in [0.25, 0.3) is 11.1 Å². The molecular weight excluding hydrogens is 558 g/mol. The number of hydrogen-bond donors (Lipinski definition) is 0. The summed E-state index contributed by atoms with van der Waals surface area (Å²) in [5, 5.41) is 0. The first-order valence-electron chi connectivity index (χ1n) is 12.8. The van der Waals surface area contributed by atoms with Crippen molar-refractivity contribution >= 4 is 3.21 Å². The van der Waals surface area contributed by atoms with Crippen LogP contribution < -0.4 is 5.63 Å². The molecule has 5 heteroatoms. The Hall–Kier alpha value is -3.43. The Kier molecular flexibility index (Phi) is 6.15. The van der Waals surface area contributed by atoms with Crippen molar-refractivity contribution < 1.29 is 33.6 Å². The number of allylic oxidation sites excluding steroid dienone is 4. The molecule has 0 aromatic heterocycles. The zero-order valence-electron chi connectivity index (χ0n) is 21.3. The summed E-state index contributed by atoms with van der Waals surface area (Å²) in [5.74, 6) is 0.439. The van der Waals surface area contributed by atoms with E-state index in [0.29, 0.717) is 17.9 Å². The van der Waals surface area contributed by atoms with Crippen LogP contribution in [0.1, 0.15) is 35.0 Å². The molecule has 0 atom stereocenters. The zero-order chi connectivity index (χ0) is 26.4. The molecule has 0 aliphatic heterocycles. The molecule has 4 aromatic carbocycles. The maximum atomic E-state index is 14.0. The second-order valence-corrected chi connectivity index (χ2v) is 22.3. The third-order valence-corrected chi connectivity index (χ3v) is 23.8. The topological polar surface area (TPSA) is 18.5 Å². The molecule has 2 nitrogen and oxygen atoms in total. The van der Waals surface area contributed by atoms with Gasteiger partial charge in [0.1, 0.15) is 0 Å². The van der Waals surface area contributed by atoms with Crippen LogP contribution in [0.5, 0.6) is 11.5 Å². The van der Waals surface area contributed by atoms with E-state index in [1.165, 1.54) is 24.3 Å².